The summed E-state index contributed by atoms with van der Waals surface area (Å²) in [5.41, 5.74) is 2.48. The molecule has 0 radical (unpaired) electrons. The molecule has 2 rings (SSSR count). The highest BCUT2D eigenvalue weighted by Gasteiger charge is 2.26. The Labute approximate surface area is 78.6 Å². The third kappa shape index (κ3) is 1.60. The van der Waals surface area contributed by atoms with E-state index in [2.05, 4.69) is 24.4 Å². The number of aryl methyl sites for hydroxylation is 1. The fourth-order valence-corrected chi connectivity index (χ4v) is 1.94. The zero-order valence-electron chi connectivity index (χ0n) is 7.83. The van der Waals surface area contributed by atoms with Crippen molar-refractivity contribution >= 4 is 0 Å². The van der Waals surface area contributed by atoms with Crippen LogP contribution in [0.3, 0.4) is 0 Å². The van der Waals surface area contributed by atoms with E-state index in [1.807, 2.05) is 12.1 Å². The van der Waals surface area contributed by atoms with Crippen LogP contribution in [0.5, 0.6) is 0 Å². The largest absolute Gasteiger partial charge is 0.391 e. The van der Waals surface area contributed by atoms with Crippen molar-refractivity contribution in [2.75, 3.05) is 6.54 Å². The van der Waals surface area contributed by atoms with E-state index in [4.69, 9.17) is 0 Å². The van der Waals surface area contributed by atoms with Crippen LogP contribution in [0.4, 0.5) is 0 Å². The molecule has 1 saturated heterocycles. The van der Waals surface area contributed by atoms with E-state index < -0.39 is 0 Å². The van der Waals surface area contributed by atoms with Gasteiger partial charge in [-0.2, -0.15) is 0 Å². The molecule has 2 heteroatoms. The van der Waals surface area contributed by atoms with Crippen LogP contribution in [0.25, 0.3) is 0 Å². The van der Waals surface area contributed by atoms with Crippen molar-refractivity contribution in [1.29, 1.82) is 0 Å². The maximum atomic E-state index is 9.70. The normalized spacial score (nSPS) is 27.8. The average molecular weight is 177 g/mol. The van der Waals surface area contributed by atoms with Gasteiger partial charge in [0.15, 0.2) is 0 Å². The molecule has 1 heterocycles. The monoisotopic (exact) mass is 177 g/mol. The zero-order valence-corrected chi connectivity index (χ0v) is 7.83. The van der Waals surface area contributed by atoms with Crippen LogP contribution in [0.15, 0.2) is 24.3 Å². The van der Waals surface area contributed by atoms with Crippen molar-refractivity contribution in [3.8, 4) is 0 Å². The van der Waals surface area contributed by atoms with Crippen molar-refractivity contribution in [3.05, 3.63) is 35.4 Å². The minimum Gasteiger partial charge on any atom is -0.391 e. The van der Waals surface area contributed by atoms with Gasteiger partial charge in [0.25, 0.3) is 0 Å². The summed E-state index contributed by atoms with van der Waals surface area (Å²) in [6, 6.07) is 8.36. The molecule has 2 N–H and O–H groups in total. The molecule has 1 fully saturated rings. The smallest absolute Gasteiger partial charge is 0.0747 e. The molecule has 0 amide bonds. The maximum Gasteiger partial charge on any atom is 0.0747 e. The summed E-state index contributed by atoms with van der Waals surface area (Å²) in [6.45, 7) is 3.00. The molecule has 0 spiro atoms. The van der Waals surface area contributed by atoms with Crippen LogP contribution in [0.2, 0.25) is 0 Å². The van der Waals surface area contributed by atoms with Gasteiger partial charge in [-0.25, -0.2) is 0 Å². The highest BCUT2D eigenvalue weighted by molar-refractivity contribution is 5.30. The molecule has 2 unspecified atom stereocenters. The molecular formula is C11H15NO. The zero-order chi connectivity index (χ0) is 9.26. The number of hydrogen-bond acceptors (Lipinski definition) is 2. The summed E-state index contributed by atoms with van der Waals surface area (Å²) >= 11 is 0. The third-order valence-corrected chi connectivity index (χ3v) is 2.71. The minimum absolute atomic E-state index is 0.140. The van der Waals surface area contributed by atoms with Crippen LogP contribution in [0, 0.1) is 6.92 Å². The van der Waals surface area contributed by atoms with Crippen molar-refractivity contribution < 1.29 is 5.11 Å². The summed E-state index contributed by atoms with van der Waals surface area (Å²) in [5.74, 6) is 0. The fourth-order valence-electron chi connectivity index (χ4n) is 1.94. The lowest BCUT2D eigenvalue weighted by molar-refractivity contribution is 0.160. The second kappa shape index (κ2) is 3.48. The van der Waals surface area contributed by atoms with Gasteiger partial charge in [-0.1, -0.05) is 24.3 Å². The van der Waals surface area contributed by atoms with Gasteiger partial charge in [0.1, 0.15) is 0 Å². The number of nitrogens with one attached hydrogen (secondary N) is 1. The molecule has 70 valence electrons. The molecule has 0 saturated carbocycles. The molecule has 0 aromatic heterocycles. The van der Waals surface area contributed by atoms with Gasteiger partial charge in [-0.15, -0.1) is 0 Å². The number of aliphatic hydroxyl groups is 1. The average Bonchev–Trinajstić information content (AvgIpc) is 2.52. The Morgan fingerprint density at radius 2 is 2.15 bits per heavy atom. The quantitative estimate of drug-likeness (QED) is 0.679. The van der Waals surface area contributed by atoms with Crippen LogP contribution < -0.4 is 5.32 Å². The maximum absolute atomic E-state index is 9.70. The number of benzene rings is 1. The molecule has 2 atom stereocenters. The Morgan fingerprint density at radius 3 is 2.77 bits per heavy atom. The van der Waals surface area contributed by atoms with Gasteiger partial charge in [-0.3, -0.25) is 0 Å². The highest BCUT2D eigenvalue weighted by Crippen LogP contribution is 2.25. The first kappa shape index (κ1) is 8.73. The fraction of sp³-hybridized carbons (Fsp3) is 0.455. The molecule has 1 aliphatic rings. The lowest BCUT2D eigenvalue weighted by Crippen LogP contribution is -2.21. The van der Waals surface area contributed by atoms with Gasteiger partial charge in [0, 0.05) is 0 Å². The number of rotatable bonds is 1. The highest BCUT2D eigenvalue weighted by atomic mass is 16.3. The molecule has 1 aliphatic heterocycles. The van der Waals surface area contributed by atoms with Gasteiger partial charge >= 0.3 is 0 Å². The Hall–Kier alpha value is -0.860. The van der Waals surface area contributed by atoms with Crippen LogP contribution in [-0.4, -0.2) is 17.8 Å². The van der Waals surface area contributed by atoms with E-state index in [0.717, 1.165) is 13.0 Å². The van der Waals surface area contributed by atoms with Crippen molar-refractivity contribution in [1.82, 2.24) is 5.32 Å². The van der Waals surface area contributed by atoms with Crippen molar-refractivity contribution in [2.45, 2.75) is 25.5 Å². The third-order valence-electron chi connectivity index (χ3n) is 2.71. The topological polar surface area (TPSA) is 32.3 Å². The van der Waals surface area contributed by atoms with Crippen molar-refractivity contribution in [3.63, 3.8) is 0 Å². The number of hydrogen-bond donors (Lipinski definition) is 2. The van der Waals surface area contributed by atoms with Gasteiger partial charge in [0.2, 0.25) is 0 Å². The summed E-state index contributed by atoms with van der Waals surface area (Å²) in [7, 11) is 0. The van der Waals surface area contributed by atoms with Crippen LogP contribution >= 0.6 is 0 Å². The Balaban J connectivity index is 2.29. The van der Waals surface area contributed by atoms with Gasteiger partial charge < -0.3 is 10.4 Å². The first-order valence-electron chi connectivity index (χ1n) is 4.76. The molecular weight excluding hydrogens is 162 g/mol. The molecule has 1 aromatic carbocycles. The Bertz CT molecular complexity index is 298. The summed E-state index contributed by atoms with van der Waals surface area (Å²) < 4.78 is 0. The van der Waals surface area contributed by atoms with E-state index in [0.29, 0.717) is 0 Å². The first-order valence-corrected chi connectivity index (χ1v) is 4.76. The summed E-state index contributed by atoms with van der Waals surface area (Å²) in [4.78, 5) is 0. The molecule has 0 aliphatic carbocycles. The minimum atomic E-state index is -0.221. The van der Waals surface area contributed by atoms with E-state index in [1.165, 1.54) is 11.1 Å². The molecule has 13 heavy (non-hydrogen) atoms. The lowest BCUT2D eigenvalue weighted by atomic mass is 9.98. The standard InChI is InChI=1S/C11H15NO/c1-8-4-2-3-5-9(8)11-10(13)6-7-12-11/h2-5,10-13H,6-7H2,1H3. The van der Waals surface area contributed by atoms with E-state index >= 15 is 0 Å². The van der Waals surface area contributed by atoms with Crippen LogP contribution in [0.1, 0.15) is 23.6 Å². The SMILES string of the molecule is Cc1ccccc1C1NCCC1O. The second-order valence-electron chi connectivity index (χ2n) is 3.64. The molecule has 0 bridgehead atoms. The van der Waals surface area contributed by atoms with E-state index in [1.54, 1.807) is 0 Å². The second-order valence-corrected chi connectivity index (χ2v) is 3.64. The van der Waals surface area contributed by atoms with E-state index in [-0.39, 0.29) is 12.1 Å². The van der Waals surface area contributed by atoms with Gasteiger partial charge in [0.05, 0.1) is 12.1 Å². The predicted molar refractivity (Wildman–Crippen MR) is 52.5 cm³/mol. The van der Waals surface area contributed by atoms with Crippen LogP contribution in [-0.2, 0) is 0 Å². The number of aliphatic hydroxyl groups excluding tert-OH is 1. The first-order chi connectivity index (χ1) is 6.29. The van der Waals surface area contributed by atoms with Crippen molar-refractivity contribution in [2.24, 2.45) is 0 Å². The van der Waals surface area contributed by atoms with E-state index in [9.17, 15) is 5.11 Å². The van der Waals surface area contributed by atoms with Gasteiger partial charge in [-0.05, 0) is 31.0 Å². The molecule has 1 aromatic rings. The summed E-state index contributed by atoms with van der Waals surface area (Å²) in [5, 5.41) is 13.0. The summed E-state index contributed by atoms with van der Waals surface area (Å²) in [6.07, 6.45) is 0.639. The predicted octanol–water partition coefficient (Wildman–Crippen LogP) is 1.39. The Kier molecular flexibility index (Phi) is 2.34. The lowest BCUT2D eigenvalue weighted by Gasteiger charge is -2.17. The molecule has 2 nitrogen and oxygen atoms in total. The Morgan fingerprint density at radius 1 is 1.38 bits per heavy atom.